The van der Waals surface area contributed by atoms with Gasteiger partial charge < -0.3 is 63.3 Å². The van der Waals surface area contributed by atoms with Crippen molar-refractivity contribution in [3.8, 4) is 34.5 Å². The average molecular weight is 2270 g/mol. The standard InChI is InChI=1S/C21H22N2O4S.C18H30O2Si.C17H28O2Si.2C10H11IO2.C10H12O4S.C7H7IO.C7H18Si.CH3F.CO2.Na.H/c1-13-5-20-15(7-17(24)11-27-20)6-16(13)10-23-12-22-18-8-14-3-2-4-28(25,26)21(14)9-19(18)23;1-8-14-10-15-11-16(12-19-17(15)9-13(14)2)20-21(6,7)18(3,4)5;1-12-8-14-10-15(11-18-16(14)9-13(12)2)19-20(6,7)17(3,4)5;1-6-2-10-7(4-9(6)11)3-8(12)5-13-10;1-7-4-8(2-3-10(7)11)12-5-9-6-13-9;1-8-2-4-10(5-3-8)15(11,12)14-7-9-6-13-9;1-5-4-6(9)2-3-7(5)8;1-7(2,3)8(4,5)6;1-2;2-1-3;;/h5-6,8-9,12,17,24H,2-4,7,10-11H2,1H3;9-10,16H,8,11-12H2,1-7H3;8-9,15H,10-11H2,1-7H3;2,4,8,12H,3,5H2,1H3;2-4,9H,5-6H2,1H3;2-5,9H,6-7H2,1H3;2-4,9H,1H3;1-6H3;1H3;;;/q;;;;;;;;;;+1;-1/t17-;16-;15-;8-;2*9-;;;;;;/m111101....../s1/i;;;;;;;;1D;;;. The number of aromatic hydroxyl groups is 1. The number of benzene rings is 8. The minimum absolute atomic E-state index is 0. The quantitative estimate of drug-likeness (QED) is 0.0395. The number of aliphatic hydroxyl groups excluding tert-OH is 2. The number of halogens is 4. The number of aliphatic hydroxyl groups is 2. The Morgan fingerprint density at radius 1 is 0.556 bits per heavy atom. The molecule has 0 unspecified atom stereocenters. The van der Waals surface area contributed by atoms with Crippen molar-refractivity contribution in [1.29, 1.82) is 0 Å². The third-order valence-electron chi connectivity index (χ3n) is 25.3. The van der Waals surface area contributed by atoms with Crippen molar-refractivity contribution in [2.24, 2.45) is 0 Å². The number of nitrogens with zero attached hydrogens (tertiary/aromatic N) is 2. The van der Waals surface area contributed by atoms with Gasteiger partial charge in [0.05, 0.1) is 85.7 Å². The van der Waals surface area contributed by atoms with Crippen molar-refractivity contribution in [2.75, 3.05) is 65.8 Å². The maximum atomic E-state index is 12.5. The van der Waals surface area contributed by atoms with Crippen molar-refractivity contribution in [1.82, 2.24) is 9.55 Å². The summed E-state index contributed by atoms with van der Waals surface area (Å²) >= 11 is 6.85. The number of aryl methyl sites for hydroxylation is 10. The molecule has 8 aromatic carbocycles. The molecule has 1 aromatic heterocycles. The summed E-state index contributed by atoms with van der Waals surface area (Å²) in [6, 6.07) is 38.9. The second-order valence-electron chi connectivity index (χ2n) is 39.7. The van der Waals surface area contributed by atoms with Crippen LogP contribution in [0.25, 0.3) is 11.0 Å². The second-order valence-corrected chi connectivity index (χ2v) is 62.4. The Kier molecular flexibility index (Phi) is 44.3. The Hall–Kier alpha value is -5.20. The van der Waals surface area contributed by atoms with Gasteiger partial charge in [0, 0.05) is 51.0 Å². The van der Waals surface area contributed by atoms with Crippen LogP contribution < -0.4 is 53.2 Å². The number of alkyl halides is 1. The molecule has 0 amide bonds. The zero-order chi connectivity index (χ0) is 99.3. The molecule has 16 rings (SSSR count). The minimum atomic E-state index is -3.61. The molecule has 0 bridgehead atoms. The topological polar surface area (TPSA) is 280 Å². The van der Waals surface area contributed by atoms with Crippen LogP contribution in [0.1, 0.15) is 162 Å². The molecular weight excluding hydrogens is 2130 g/mol. The third-order valence-corrected chi connectivity index (χ3v) is 45.6. The number of rotatable bonds is 14. The number of aromatic nitrogens is 2. The van der Waals surface area contributed by atoms with Crippen LogP contribution in [0, 0.1) is 66.1 Å². The van der Waals surface area contributed by atoms with Gasteiger partial charge in [0.2, 0.25) is 0 Å². The van der Waals surface area contributed by atoms with E-state index in [0.717, 1.165) is 111 Å². The van der Waals surface area contributed by atoms with Crippen molar-refractivity contribution in [2.45, 2.75) is 283 Å². The maximum absolute atomic E-state index is 12.5. The van der Waals surface area contributed by atoms with Gasteiger partial charge in [0.15, 0.2) is 26.5 Å². The van der Waals surface area contributed by atoms with Gasteiger partial charge >= 0.3 is 35.7 Å². The first-order valence-electron chi connectivity index (χ1n) is 45.6. The van der Waals surface area contributed by atoms with Crippen LogP contribution in [0.3, 0.4) is 0 Å². The summed E-state index contributed by atoms with van der Waals surface area (Å²) < 4.78 is 126. The van der Waals surface area contributed by atoms with Crippen molar-refractivity contribution in [3.63, 3.8) is 0 Å². The van der Waals surface area contributed by atoms with Crippen LogP contribution in [0.2, 0.25) is 60.9 Å². The Labute approximate surface area is 860 Å². The Bertz CT molecular complexity index is 5630. The number of fused-ring (bicyclic) bond motifs is 6. The predicted molar refractivity (Wildman–Crippen MR) is 559 cm³/mol. The normalized spacial score (nSPS) is 18.2. The van der Waals surface area contributed by atoms with Crippen LogP contribution in [0.5, 0.6) is 34.5 Å². The summed E-state index contributed by atoms with van der Waals surface area (Å²) in [7, 11) is -12.1. The van der Waals surface area contributed by atoms with E-state index in [1.165, 1.54) is 55.2 Å². The van der Waals surface area contributed by atoms with Gasteiger partial charge in [-0.25, -0.2) is 13.4 Å². The van der Waals surface area contributed by atoms with E-state index < -0.39 is 57.9 Å². The SMILES string of the molecule is CC(C)(C)[Si](C)(C)C.CCc1cc2c(cc1C)OC[C@H](O[Si](C)(C)C(C)(C)C)C2.Cc1cc(O)ccc1I.Cc1cc(OC[C@H]2CO2)ccc1I.Cc1cc2c(cc1C)OC[C@H](O[Si](C)(C)C(C)(C)C)C2.Cc1cc2c(cc1Cn1cnc3cc4c(cc31)S(=O)(=O)CCC4)C[C@@H](O)CO2.Cc1cc2c(cc1I)C[C@@H](O)CO2.Cc1ccc(S(=O)(=O)OC[C@H]2CO2)cc1.O=C=O.[2H]CF.[H-].[Na+]. The van der Waals surface area contributed by atoms with Crippen LogP contribution in [-0.2, 0) is 97.1 Å². The van der Waals surface area contributed by atoms with E-state index in [1.807, 2.05) is 55.7 Å². The molecule has 8 heterocycles. The van der Waals surface area contributed by atoms with Gasteiger partial charge in [0.1, 0.15) is 79.7 Å². The van der Waals surface area contributed by atoms with Crippen LogP contribution in [0.15, 0.2) is 137 Å². The van der Waals surface area contributed by atoms with Gasteiger partial charge in [-0.15, -0.1) is 0 Å². The average Bonchev–Trinajstić information content (AvgIpc) is 1.62. The smallest absolute Gasteiger partial charge is 1.00 e. The summed E-state index contributed by atoms with van der Waals surface area (Å²) in [5.41, 5.74) is 19.5. The van der Waals surface area contributed by atoms with Gasteiger partial charge in [-0.1, -0.05) is 119 Å². The molecule has 7 aliphatic heterocycles. The molecule has 3 N–H and O–H groups in total. The number of phenolic OH excluding ortho intramolecular Hbond substituents is 1. The predicted octanol–water partition coefficient (Wildman–Crippen LogP) is 19.8. The molecule has 7 aliphatic rings. The molecule has 6 atom stereocenters. The van der Waals surface area contributed by atoms with E-state index in [2.05, 4.69) is 271 Å². The molecule has 0 aliphatic carbocycles. The zero-order valence-corrected chi connectivity index (χ0v) is 96.0. The summed E-state index contributed by atoms with van der Waals surface area (Å²) in [5.74, 6) is 5.36. The third kappa shape index (κ3) is 35.8. The molecule has 2 fully saturated rings. The van der Waals surface area contributed by atoms with Crippen molar-refractivity contribution in [3.05, 3.63) is 222 Å². The van der Waals surface area contributed by atoms with Gasteiger partial charge in [-0.3, -0.25) is 8.57 Å². The molecule has 0 saturated carbocycles. The molecule has 0 radical (unpaired) electrons. The minimum Gasteiger partial charge on any atom is -1.00 e. The largest absolute Gasteiger partial charge is 1.00 e. The van der Waals surface area contributed by atoms with Crippen LogP contribution in [0.4, 0.5) is 4.39 Å². The molecular formula is C102H143FI3N2NaO19S2Si3. The first-order chi connectivity index (χ1) is 61.9. The Balaban J connectivity index is 0.000000277. The molecule has 2 saturated heterocycles. The van der Waals surface area contributed by atoms with Crippen LogP contribution >= 0.6 is 67.8 Å². The summed E-state index contributed by atoms with van der Waals surface area (Å²) in [4.78, 5) is 21.4. The van der Waals surface area contributed by atoms with Gasteiger partial charge in [-0.05, 0) is 359 Å². The molecule has 133 heavy (non-hydrogen) atoms. The van der Waals surface area contributed by atoms with E-state index >= 15 is 0 Å². The van der Waals surface area contributed by atoms with Crippen LogP contribution in [-0.4, -0.2) is 175 Å². The first kappa shape index (κ1) is 115. The number of phenols is 1. The number of epoxide rings is 2. The van der Waals surface area contributed by atoms with E-state index in [-0.39, 0.29) is 88.9 Å². The molecule has 0 spiro atoms. The second kappa shape index (κ2) is 51.3. The summed E-state index contributed by atoms with van der Waals surface area (Å²) in [6.45, 7) is 60.9. The number of carbonyl (C=O) groups excluding carboxylic acids is 2. The van der Waals surface area contributed by atoms with Gasteiger partial charge in [0.25, 0.3) is 10.1 Å². The zero-order valence-electron chi connectivity index (χ0n) is 84.9. The fourth-order valence-electron chi connectivity index (χ4n) is 13.4. The van der Waals surface area contributed by atoms with E-state index in [0.29, 0.717) is 87.2 Å². The molecule has 9 aromatic rings. The van der Waals surface area contributed by atoms with E-state index in [9.17, 15) is 31.4 Å². The van der Waals surface area contributed by atoms with Crippen molar-refractivity contribution < 1.29 is 125 Å². The maximum Gasteiger partial charge on any atom is 1.00 e. The Morgan fingerprint density at radius 3 is 1.46 bits per heavy atom. The monoisotopic (exact) mass is 2270 g/mol. The fraction of sp³-hybridized carbons (Fsp3) is 0.510. The first-order valence-corrected chi connectivity index (χ1v) is 60.5. The molecule has 728 valence electrons. The summed E-state index contributed by atoms with van der Waals surface area (Å²) in [5, 5.41) is 29.3. The molecule has 31 heteroatoms. The van der Waals surface area contributed by atoms with Crippen molar-refractivity contribution >= 4 is 130 Å². The number of sulfone groups is 1. The van der Waals surface area contributed by atoms with E-state index in [1.54, 1.807) is 48.8 Å². The molecule has 21 nitrogen and oxygen atoms in total. The number of hydrogen-bond donors (Lipinski definition) is 3. The number of ether oxygens (including phenoxy) is 7. The number of imidazole rings is 1. The van der Waals surface area contributed by atoms with E-state index in [4.69, 9.17) is 62.3 Å². The Morgan fingerprint density at radius 2 is 0.985 bits per heavy atom. The number of hydrogen-bond acceptors (Lipinski definition) is 20. The van der Waals surface area contributed by atoms with Gasteiger partial charge in [-0.2, -0.15) is 18.0 Å². The fourth-order valence-corrected chi connectivity index (χ4v) is 19.8. The summed E-state index contributed by atoms with van der Waals surface area (Å²) in [6.07, 6.45) is 7.66.